The van der Waals surface area contributed by atoms with E-state index in [9.17, 15) is 38.1 Å². The number of phosphoric acid groups is 2. The summed E-state index contributed by atoms with van der Waals surface area (Å²) in [5.74, 6) is -0.611. The summed E-state index contributed by atoms with van der Waals surface area (Å²) >= 11 is 5.74. The van der Waals surface area contributed by atoms with Gasteiger partial charge in [0, 0.05) is 12.0 Å². The highest BCUT2D eigenvalue weighted by molar-refractivity contribution is 7.69. The van der Waals surface area contributed by atoms with Crippen molar-refractivity contribution in [3.63, 3.8) is 0 Å². The number of halogens is 2. The Kier molecular flexibility index (Phi) is 7.94. The van der Waals surface area contributed by atoms with Crippen LogP contribution in [0, 0.1) is 0 Å². The van der Waals surface area contributed by atoms with Gasteiger partial charge in [-0.3, -0.25) is 4.57 Å². The molecule has 2 aliphatic rings. The molecule has 0 radical (unpaired) electrons. The number of rotatable bonds is 8. The fraction of sp³-hybridized carbons (Fsp3) is 0.545. The summed E-state index contributed by atoms with van der Waals surface area (Å²) in [4.78, 5) is 40.3. The molecule has 0 bridgehead atoms. The molecule has 2 heterocycles. The Morgan fingerprint density at radius 2 is 1.90 bits per heavy atom. The number of hydrogen-bond acceptors (Lipinski definition) is 11. The summed E-state index contributed by atoms with van der Waals surface area (Å²) in [6, 6.07) is 0. The lowest BCUT2D eigenvalue weighted by Crippen LogP contribution is -2.46. The zero-order chi connectivity index (χ0) is 23.8. The van der Waals surface area contributed by atoms with Gasteiger partial charge >= 0.3 is 23.2 Å². The van der Waals surface area contributed by atoms with E-state index in [4.69, 9.17) is 31.9 Å². The average molecular weight is 532 g/mol. The average Bonchev–Trinajstić information content (AvgIpc) is 2.82. The van der Waals surface area contributed by atoms with E-state index in [-0.39, 0.29) is 11.7 Å². The van der Waals surface area contributed by atoms with Crippen molar-refractivity contribution in [2.24, 2.45) is 10.7 Å². The van der Waals surface area contributed by atoms with E-state index in [1.165, 1.54) is 6.08 Å². The van der Waals surface area contributed by atoms with Crippen LogP contribution in [0.15, 0.2) is 29.2 Å². The van der Waals surface area contributed by atoms with E-state index in [0.29, 0.717) is 6.08 Å². The van der Waals surface area contributed by atoms with Gasteiger partial charge in [-0.1, -0.05) is 0 Å². The Labute approximate surface area is 178 Å². The summed E-state index contributed by atoms with van der Waals surface area (Å²) in [5, 5.41) is 20.2. The van der Waals surface area contributed by atoms with Crippen molar-refractivity contribution in [1.29, 1.82) is 0 Å². The molecule has 1 saturated heterocycles. The van der Waals surface area contributed by atoms with Crippen LogP contribution in [0.1, 0.15) is 0 Å². The molecule has 1 fully saturated rings. The first-order valence-corrected chi connectivity index (χ1v) is 13.1. The van der Waals surface area contributed by atoms with Crippen LogP contribution in [0.3, 0.4) is 0 Å². The van der Waals surface area contributed by atoms with Crippen LogP contribution in [-0.2, 0) is 27.1 Å². The number of ether oxygens (including phenoxy) is 1. The van der Waals surface area contributed by atoms with E-state index in [2.05, 4.69) is 13.6 Å². The Bertz CT molecular complexity index is 929. The highest BCUT2D eigenvalue weighted by atomic mass is 35.5. The Morgan fingerprint density at radius 3 is 2.42 bits per heavy atom. The summed E-state index contributed by atoms with van der Waals surface area (Å²) in [5.41, 5.74) is 3.20. The molecule has 20 heteroatoms. The van der Waals surface area contributed by atoms with Gasteiger partial charge in [0.15, 0.2) is 12.4 Å². The largest absolute Gasteiger partial charge is 0.488 e. The standard InChI is InChI=1S/C11H18ClFN3O12P3/c12-5-11(2-4-29(19,20)27-31(24,25)28-30(21,22)23)8(17)7(13)9(26-11)16-3-1-6(14)15-10(16)18/h1-4,7-10,17-18H,5H2,(H2,14,15)(H,19,20)(H,24,25)(H2,21,22,23). The first kappa shape index (κ1) is 26.6. The van der Waals surface area contributed by atoms with E-state index < -0.39 is 59.6 Å². The maximum atomic E-state index is 14.7. The second-order valence-electron chi connectivity index (χ2n) is 6.15. The SMILES string of the molecule is NC1=NC(O)N(C2OC(C=CP(=O)(O)OP(=O)(O)OP(=O)(O)O)(CCl)C(O)C2F)C=C1. The molecule has 7 atom stereocenters. The van der Waals surface area contributed by atoms with E-state index >= 15 is 0 Å². The van der Waals surface area contributed by atoms with Crippen molar-refractivity contribution in [3.05, 3.63) is 24.2 Å². The first-order chi connectivity index (χ1) is 14.0. The minimum absolute atomic E-state index is 0.0782. The highest BCUT2D eigenvalue weighted by Gasteiger charge is 2.56. The summed E-state index contributed by atoms with van der Waals surface area (Å²) in [6.45, 7) is 0. The molecule has 0 amide bonds. The summed E-state index contributed by atoms with van der Waals surface area (Å²) in [7, 11) is -16.6. The Morgan fingerprint density at radius 1 is 1.29 bits per heavy atom. The Balaban J connectivity index is 2.24. The maximum Gasteiger partial charge on any atom is 0.488 e. The first-order valence-electron chi connectivity index (χ1n) is 7.88. The molecule has 7 unspecified atom stereocenters. The molecule has 31 heavy (non-hydrogen) atoms. The second kappa shape index (κ2) is 9.27. The van der Waals surface area contributed by atoms with Gasteiger partial charge < -0.3 is 45.2 Å². The molecule has 0 aromatic heterocycles. The smallest absolute Gasteiger partial charge is 0.386 e. The van der Waals surface area contributed by atoms with Crippen LogP contribution in [0.5, 0.6) is 0 Å². The third kappa shape index (κ3) is 6.65. The van der Waals surface area contributed by atoms with Gasteiger partial charge in [0.1, 0.15) is 17.5 Å². The Hall–Kier alpha value is -0.700. The lowest BCUT2D eigenvalue weighted by atomic mass is 9.98. The molecule has 0 saturated carbocycles. The minimum atomic E-state index is -5.72. The predicted molar refractivity (Wildman–Crippen MR) is 101 cm³/mol. The van der Waals surface area contributed by atoms with E-state index in [1.54, 1.807) is 0 Å². The molecule has 0 aromatic carbocycles. The molecule has 178 valence electrons. The lowest BCUT2D eigenvalue weighted by Gasteiger charge is -2.33. The van der Waals surface area contributed by atoms with Crippen LogP contribution in [0.2, 0.25) is 0 Å². The van der Waals surface area contributed by atoms with Crippen molar-refractivity contribution in [1.82, 2.24) is 4.90 Å². The molecule has 8 N–H and O–H groups in total. The van der Waals surface area contributed by atoms with Crippen LogP contribution >= 0.6 is 34.8 Å². The topological polar surface area (TPSA) is 242 Å². The van der Waals surface area contributed by atoms with Gasteiger partial charge in [-0.05, 0) is 12.2 Å². The number of aliphatic hydroxyl groups excluding tert-OH is 2. The highest BCUT2D eigenvalue weighted by Crippen LogP contribution is 2.66. The zero-order valence-corrected chi connectivity index (χ0v) is 18.5. The third-order valence-electron chi connectivity index (χ3n) is 3.84. The van der Waals surface area contributed by atoms with Gasteiger partial charge in [-0.15, -0.1) is 11.6 Å². The molecular formula is C11H18ClFN3O12P3. The maximum absolute atomic E-state index is 14.7. The number of alkyl halides is 2. The fourth-order valence-corrected chi connectivity index (χ4v) is 6.16. The van der Waals surface area contributed by atoms with Crippen molar-refractivity contribution < 1.29 is 61.2 Å². The van der Waals surface area contributed by atoms with Gasteiger partial charge in [-0.2, -0.15) is 4.31 Å². The summed E-state index contributed by atoms with van der Waals surface area (Å²) in [6.07, 6.45) is -4.81. The van der Waals surface area contributed by atoms with Gasteiger partial charge in [0.05, 0.1) is 5.88 Å². The number of aliphatic hydroxyl groups is 2. The van der Waals surface area contributed by atoms with E-state index in [0.717, 1.165) is 11.1 Å². The number of nitrogens with two attached hydrogens (primary N) is 1. The number of hydrogen-bond donors (Lipinski definition) is 7. The quantitative estimate of drug-likeness (QED) is 0.153. The van der Waals surface area contributed by atoms with Crippen LogP contribution in [0.4, 0.5) is 4.39 Å². The molecule has 0 aromatic rings. The molecule has 0 spiro atoms. The van der Waals surface area contributed by atoms with Crippen LogP contribution in [-0.4, -0.2) is 76.9 Å². The lowest BCUT2D eigenvalue weighted by molar-refractivity contribution is -0.128. The van der Waals surface area contributed by atoms with Crippen molar-refractivity contribution >= 4 is 40.7 Å². The number of nitrogens with zero attached hydrogens (tertiary/aromatic N) is 2. The van der Waals surface area contributed by atoms with Gasteiger partial charge in [0.25, 0.3) is 0 Å². The van der Waals surface area contributed by atoms with Crippen molar-refractivity contribution in [2.45, 2.75) is 30.5 Å². The van der Waals surface area contributed by atoms with Gasteiger partial charge in [-0.25, -0.2) is 22.8 Å². The zero-order valence-electron chi connectivity index (χ0n) is 15.0. The normalized spacial score (nSPS) is 35.7. The van der Waals surface area contributed by atoms with Gasteiger partial charge in [0.2, 0.25) is 6.35 Å². The van der Waals surface area contributed by atoms with Crippen LogP contribution in [0.25, 0.3) is 0 Å². The minimum Gasteiger partial charge on any atom is -0.386 e. The molecular weight excluding hydrogens is 514 g/mol. The summed E-state index contributed by atoms with van der Waals surface area (Å²) < 4.78 is 61.4. The predicted octanol–water partition coefficient (Wildman–Crippen LogP) is -0.593. The fourth-order valence-electron chi connectivity index (χ4n) is 2.55. The third-order valence-corrected chi connectivity index (χ3v) is 8.22. The molecule has 2 aliphatic heterocycles. The monoisotopic (exact) mass is 531 g/mol. The molecule has 0 aliphatic carbocycles. The van der Waals surface area contributed by atoms with E-state index in [1.807, 2.05) is 0 Å². The molecule has 15 nitrogen and oxygen atoms in total. The van der Waals surface area contributed by atoms with Crippen molar-refractivity contribution in [3.8, 4) is 0 Å². The molecule has 2 rings (SSSR count). The van der Waals surface area contributed by atoms with Crippen LogP contribution < -0.4 is 5.73 Å². The van der Waals surface area contributed by atoms with Crippen molar-refractivity contribution in [2.75, 3.05) is 5.88 Å². The second-order valence-corrected chi connectivity index (χ2v) is 11.1. The number of aliphatic imine (C=N–C) groups is 1. The number of amidine groups is 1.